The monoisotopic (exact) mass is 380 g/mol. The molecule has 140 valence electrons. The fourth-order valence-electron chi connectivity index (χ4n) is 3.66. The summed E-state index contributed by atoms with van der Waals surface area (Å²) in [5.74, 6) is 0. The van der Waals surface area contributed by atoms with Crippen molar-refractivity contribution in [2.24, 2.45) is 0 Å². The number of benzene rings is 3. The first-order chi connectivity index (χ1) is 13.3. The van der Waals surface area contributed by atoms with Gasteiger partial charge in [0.15, 0.2) is 0 Å². The average molecular weight is 381 g/mol. The minimum Gasteiger partial charge on any atom is -0.395 e. The smallest absolute Gasteiger partial charge is 0.0559 e. The molecule has 0 atom stereocenters. The van der Waals surface area contributed by atoms with Gasteiger partial charge in [-0.05, 0) is 29.0 Å². The van der Waals surface area contributed by atoms with Crippen LogP contribution in [0.25, 0.3) is 10.8 Å². The van der Waals surface area contributed by atoms with Crippen LogP contribution in [-0.4, -0.2) is 54.5 Å². The molecule has 1 aliphatic heterocycles. The summed E-state index contributed by atoms with van der Waals surface area (Å²) in [4.78, 5) is 7.03. The molecular formula is C22H24N2O2S. The van der Waals surface area contributed by atoms with Crippen molar-refractivity contribution in [2.75, 3.05) is 44.3 Å². The zero-order chi connectivity index (χ0) is 18.6. The van der Waals surface area contributed by atoms with Crippen LogP contribution in [0.2, 0.25) is 0 Å². The standard InChI is InChI=1S/C22H24N2O2S/c25-15-13-23(14-16-26)11-12-24-19-7-3-4-8-21(19)27-22-18-6-2-1-5-17(18)9-10-20(22)24/h1-10,25-26H,11-16H2. The van der Waals surface area contributed by atoms with Gasteiger partial charge in [-0.15, -0.1) is 0 Å². The van der Waals surface area contributed by atoms with Crippen LogP contribution in [0, 0.1) is 0 Å². The second-order valence-electron chi connectivity index (χ2n) is 6.65. The quantitative estimate of drug-likeness (QED) is 0.654. The number of fused-ring (bicyclic) bond motifs is 4. The molecule has 0 radical (unpaired) electrons. The van der Waals surface area contributed by atoms with E-state index in [4.69, 9.17) is 0 Å². The topological polar surface area (TPSA) is 46.9 Å². The number of rotatable bonds is 7. The summed E-state index contributed by atoms with van der Waals surface area (Å²) in [7, 11) is 0. The highest BCUT2D eigenvalue weighted by molar-refractivity contribution is 8.00. The molecule has 3 aromatic rings. The van der Waals surface area contributed by atoms with Crippen LogP contribution in [0.15, 0.2) is 70.5 Å². The third-order valence-corrected chi connectivity index (χ3v) is 6.19. The summed E-state index contributed by atoms with van der Waals surface area (Å²) in [5, 5.41) is 21.1. The molecule has 4 nitrogen and oxygen atoms in total. The maximum absolute atomic E-state index is 9.29. The van der Waals surface area contributed by atoms with Crippen molar-refractivity contribution in [1.29, 1.82) is 0 Å². The molecule has 0 aliphatic carbocycles. The van der Waals surface area contributed by atoms with Crippen molar-refractivity contribution in [1.82, 2.24) is 4.90 Å². The highest BCUT2D eigenvalue weighted by atomic mass is 32.2. The summed E-state index contributed by atoms with van der Waals surface area (Å²) in [6, 6.07) is 21.4. The van der Waals surface area contributed by atoms with E-state index in [1.54, 1.807) is 0 Å². The van der Waals surface area contributed by atoms with Crippen molar-refractivity contribution < 1.29 is 10.2 Å². The maximum atomic E-state index is 9.29. The van der Waals surface area contributed by atoms with Gasteiger partial charge in [0.05, 0.1) is 24.6 Å². The number of para-hydroxylation sites is 1. The van der Waals surface area contributed by atoms with Crippen LogP contribution >= 0.6 is 11.8 Å². The highest BCUT2D eigenvalue weighted by Crippen LogP contribution is 2.50. The van der Waals surface area contributed by atoms with E-state index in [1.807, 2.05) is 11.8 Å². The summed E-state index contributed by atoms with van der Waals surface area (Å²) in [6.07, 6.45) is 0. The normalized spacial score (nSPS) is 13.1. The first kappa shape index (κ1) is 18.3. The van der Waals surface area contributed by atoms with Gasteiger partial charge in [0.2, 0.25) is 0 Å². The van der Waals surface area contributed by atoms with E-state index < -0.39 is 0 Å². The van der Waals surface area contributed by atoms with Crippen LogP contribution in [0.3, 0.4) is 0 Å². The third-order valence-electron chi connectivity index (χ3n) is 4.99. The molecule has 0 saturated heterocycles. The van der Waals surface area contributed by atoms with E-state index in [0.29, 0.717) is 13.1 Å². The van der Waals surface area contributed by atoms with Gasteiger partial charge < -0.3 is 15.1 Å². The van der Waals surface area contributed by atoms with E-state index in [9.17, 15) is 10.2 Å². The largest absolute Gasteiger partial charge is 0.395 e. The lowest BCUT2D eigenvalue weighted by Crippen LogP contribution is -2.37. The van der Waals surface area contributed by atoms with Crippen molar-refractivity contribution >= 4 is 33.9 Å². The molecule has 3 aromatic carbocycles. The summed E-state index contributed by atoms with van der Waals surface area (Å²) in [6.45, 7) is 2.96. The Labute approximate surface area is 164 Å². The number of anilines is 2. The van der Waals surface area contributed by atoms with E-state index in [-0.39, 0.29) is 13.2 Å². The number of aliphatic hydroxyl groups excluding tert-OH is 2. The third kappa shape index (κ3) is 3.69. The van der Waals surface area contributed by atoms with Crippen molar-refractivity contribution in [3.05, 3.63) is 60.7 Å². The lowest BCUT2D eigenvalue weighted by molar-refractivity contribution is 0.164. The Morgan fingerprint density at radius 1 is 0.778 bits per heavy atom. The van der Waals surface area contributed by atoms with Gasteiger partial charge in [-0.25, -0.2) is 0 Å². The van der Waals surface area contributed by atoms with Gasteiger partial charge in [0.25, 0.3) is 0 Å². The number of hydrogen-bond donors (Lipinski definition) is 2. The molecule has 1 aliphatic rings. The number of aliphatic hydroxyl groups is 2. The van der Waals surface area contributed by atoms with E-state index in [1.165, 1.54) is 31.9 Å². The second kappa shape index (κ2) is 8.31. The Bertz CT molecular complexity index is 925. The Kier molecular flexibility index (Phi) is 5.64. The van der Waals surface area contributed by atoms with Gasteiger partial charge in [-0.2, -0.15) is 0 Å². The number of nitrogens with zero attached hydrogens (tertiary/aromatic N) is 2. The van der Waals surface area contributed by atoms with Crippen LogP contribution in [0.4, 0.5) is 11.4 Å². The molecule has 0 fully saturated rings. The van der Waals surface area contributed by atoms with Crippen LogP contribution in [-0.2, 0) is 0 Å². The van der Waals surface area contributed by atoms with Crippen LogP contribution < -0.4 is 4.90 Å². The molecule has 27 heavy (non-hydrogen) atoms. The second-order valence-corrected chi connectivity index (χ2v) is 7.70. The molecule has 1 heterocycles. The molecule has 0 amide bonds. The zero-order valence-corrected chi connectivity index (χ0v) is 16.0. The van der Waals surface area contributed by atoms with E-state index in [0.717, 1.165) is 13.1 Å². The molecular weight excluding hydrogens is 356 g/mol. The highest BCUT2D eigenvalue weighted by Gasteiger charge is 2.24. The molecule has 0 spiro atoms. The summed E-state index contributed by atoms with van der Waals surface area (Å²) < 4.78 is 0. The summed E-state index contributed by atoms with van der Waals surface area (Å²) >= 11 is 1.84. The molecule has 4 rings (SSSR count). The van der Waals surface area contributed by atoms with E-state index >= 15 is 0 Å². The predicted molar refractivity (Wildman–Crippen MR) is 112 cm³/mol. The van der Waals surface area contributed by atoms with Crippen molar-refractivity contribution in [3.8, 4) is 0 Å². The zero-order valence-electron chi connectivity index (χ0n) is 15.2. The maximum Gasteiger partial charge on any atom is 0.0559 e. The van der Waals surface area contributed by atoms with Gasteiger partial charge in [0, 0.05) is 36.0 Å². The van der Waals surface area contributed by atoms with E-state index in [2.05, 4.69) is 70.5 Å². The Morgan fingerprint density at radius 2 is 1.52 bits per heavy atom. The molecule has 0 bridgehead atoms. The summed E-state index contributed by atoms with van der Waals surface area (Å²) in [5.41, 5.74) is 2.45. The van der Waals surface area contributed by atoms with Crippen LogP contribution in [0.1, 0.15) is 0 Å². The first-order valence-electron chi connectivity index (χ1n) is 9.32. The Morgan fingerprint density at radius 3 is 2.33 bits per heavy atom. The predicted octanol–water partition coefficient (Wildman–Crippen LogP) is 3.73. The first-order valence-corrected chi connectivity index (χ1v) is 10.1. The Balaban J connectivity index is 1.72. The molecule has 5 heteroatoms. The van der Waals surface area contributed by atoms with Crippen LogP contribution in [0.5, 0.6) is 0 Å². The van der Waals surface area contributed by atoms with Gasteiger partial charge in [-0.1, -0.05) is 54.2 Å². The number of hydrogen-bond acceptors (Lipinski definition) is 5. The van der Waals surface area contributed by atoms with Gasteiger partial charge in [-0.3, -0.25) is 4.90 Å². The fraction of sp³-hybridized carbons (Fsp3) is 0.273. The SMILES string of the molecule is OCCN(CCO)CCN1c2ccccc2Sc2c1ccc1ccccc21. The van der Waals surface area contributed by atoms with Crippen molar-refractivity contribution in [3.63, 3.8) is 0 Å². The molecule has 0 aromatic heterocycles. The molecule has 0 unspecified atom stereocenters. The van der Waals surface area contributed by atoms with Gasteiger partial charge in [0.1, 0.15) is 0 Å². The fourth-order valence-corrected chi connectivity index (χ4v) is 4.89. The molecule has 0 saturated carbocycles. The average Bonchev–Trinajstić information content (AvgIpc) is 2.71. The minimum atomic E-state index is 0.105. The lowest BCUT2D eigenvalue weighted by Gasteiger charge is -2.35. The lowest BCUT2D eigenvalue weighted by atomic mass is 10.1. The Hall–Kier alpha value is -2.05. The van der Waals surface area contributed by atoms with Crippen molar-refractivity contribution in [2.45, 2.75) is 9.79 Å². The van der Waals surface area contributed by atoms with Gasteiger partial charge >= 0.3 is 0 Å². The molecule has 2 N–H and O–H groups in total. The minimum absolute atomic E-state index is 0.105.